The van der Waals surface area contributed by atoms with Crippen LogP contribution in [0.2, 0.25) is 0 Å². The predicted octanol–water partition coefficient (Wildman–Crippen LogP) is 4.50. The normalized spacial score (nSPS) is 11.3. The van der Waals surface area contributed by atoms with Crippen molar-refractivity contribution >= 4 is 28.0 Å². The molecule has 0 fully saturated rings. The number of para-hydroxylation sites is 2. The lowest BCUT2D eigenvalue weighted by molar-refractivity contribution is -0.384. The van der Waals surface area contributed by atoms with Crippen molar-refractivity contribution in [2.75, 3.05) is 12.4 Å². The second kappa shape index (κ2) is 7.10. The molecule has 3 aromatic rings. The molecule has 2 N–H and O–H groups in total. The number of halogens is 3. The molecule has 0 spiro atoms. The number of anilines is 2. The lowest BCUT2D eigenvalue weighted by Gasteiger charge is -2.16. The SMILES string of the molecule is COc1cc2ncc([N+](=O)[O-])c(Nc3ccccc3OC(F)(F)F)c2cc1O. The molecular formula is C17H12F3N3O5. The van der Waals surface area contributed by atoms with E-state index in [0.717, 1.165) is 12.3 Å². The highest BCUT2D eigenvalue weighted by Crippen LogP contribution is 2.41. The maximum atomic E-state index is 12.6. The van der Waals surface area contributed by atoms with Crippen molar-refractivity contribution in [3.8, 4) is 17.2 Å². The molecule has 11 heteroatoms. The summed E-state index contributed by atoms with van der Waals surface area (Å²) >= 11 is 0. The molecule has 28 heavy (non-hydrogen) atoms. The van der Waals surface area contributed by atoms with Gasteiger partial charge >= 0.3 is 12.0 Å². The quantitative estimate of drug-likeness (QED) is 0.484. The second-order valence-corrected chi connectivity index (χ2v) is 5.49. The number of aromatic hydroxyl groups is 1. The molecule has 146 valence electrons. The van der Waals surface area contributed by atoms with Crippen molar-refractivity contribution < 1.29 is 32.7 Å². The molecule has 0 unspecified atom stereocenters. The molecule has 0 aliphatic heterocycles. The number of hydrogen-bond acceptors (Lipinski definition) is 7. The Bertz CT molecular complexity index is 1060. The van der Waals surface area contributed by atoms with Gasteiger partial charge in [0.1, 0.15) is 11.9 Å². The van der Waals surface area contributed by atoms with Crippen LogP contribution in [0.3, 0.4) is 0 Å². The van der Waals surface area contributed by atoms with E-state index in [1.54, 1.807) is 0 Å². The molecule has 0 radical (unpaired) electrons. The number of phenols is 1. The number of benzene rings is 2. The third kappa shape index (κ3) is 3.82. The van der Waals surface area contributed by atoms with Crippen molar-refractivity contribution in [2.45, 2.75) is 6.36 Å². The smallest absolute Gasteiger partial charge is 0.504 e. The number of nitrogens with one attached hydrogen (secondary N) is 1. The summed E-state index contributed by atoms with van der Waals surface area (Å²) in [7, 11) is 1.32. The highest BCUT2D eigenvalue weighted by molar-refractivity contribution is 5.99. The zero-order valence-corrected chi connectivity index (χ0v) is 14.1. The number of fused-ring (bicyclic) bond motifs is 1. The van der Waals surface area contributed by atoms with Crippen LogP contribution in [0, 0.1) is 10.1 Å². The van der Waals surface area contributed by atoms with Crippen LogP contribution in [0.5, 0.6) is 17.2 Å². The number of nitro groups is 1. The molecule has 0 amide bonds. The second-order valence-electron chi connectivity index (χ2n) is 5.49. The highest BCUT2D eigenvalue weighted by Gasteiger charge is 2.32. The molecule has 2 aromatic carbocycles. The van der Waals surface area contributed by atoms with Gasteiger partial charge in [-0.15, -0.1) is 13.2 Å². The number of phenolic OH excluding ortho intramolecular Hbond substituents is 1. The Balaban J connectivity index is 2.18. The van der Waals surface area contributed by atoms with E-state index in [-0.39, 0.29) is 33.8 Å². The average molecular weight is 395 g/mol. The van der Waals surface area contributed by atoms with E-state index in [1.807, 2.05) is 0 Å². The van der Waals surface area contributed by atoms with E-state index >= 15 is 0 Å². The third-order valence-corrected chi connectivity index (χ3v) is 3.72. The summed E-state index contributed by atoms with van der Waals surface area (Å²) in [4.78, 5) is 14.6. The van der Waals surface area contributed by atoms with Crippen LogP contribution in [0.25, 0.3) is 10.9 Å². The van der Waals surface area contributed by atoms with Gasteiger partial charge in [0, 0.05) is 11.5 Å². The van der Waals surface area contributed by atoms with E-state index < -0.39 is 22.7 Å². The van der Waals surface area contributed by atoms with Gasteiger partial charge in [0.05, 0.1) is 23.2 Å². The fourth-order valence-corrected chi connectivity index (χ4v) is 2.55. The Labute approximate surface area is 155 Å². The van der Waals surface area contributed by atoms with Crippen molar-refractivity contribution in [3.63, 3.8) is 0 Å². The van der Waals surface area contributed by atoms with E-state index in [9.17, 15) is 28.4 Å². The Kier molecular flexibility index (Phi) is 4.82. The Morgan fingerprint density at radius 3 is 2.57 bits per heavy atom. The number of rotatable bonds is 5. The first-order valence-electron chi connectivity index (χ1n) is 7.65. The highest BCUT2D eigenvalue weighted by atomic mass is 19.4. The number of methoxy groups -OCH3 is 1. The van der Waals surface area contributed by atoms with E-state index in [2.05, 4.69) is 15.0 Å². The molecular weight excluding hydrogens is 383 g/mol. The Morgan fingerprint density at radius 1 is 1.21 bits per heavy atom. The van der Waals surface area contributed by atoms with Crippen molar-refractivity contribution in [1.82, 2.24) is 4.98 Å². The lowest BCUT2D eigenvalue weighted by Crippen LogP contribution is -2.18. The minimum atomic E-state index is -4.95. The van der Waals surface area contributed by atoms with Gasteiger partial charge in [0.15, 0.2) is 17.2 Å². The van der Waals surface area contributed by atoms with Crippen LogP contribution in [-0.2, 0) is 0 Å². The molecule has 3 rings (SSSR count). The van der Waals surface area contributed by atoms with Gasteiger partial charge < -0.3 is 19.9 Å². The van der Waals surface area contributed by atoms with E-state index in [1.165, 1.54) is 37.4 Å². The van der Waals surface area contributed by atoms with Crippen LogP contribution >= 0.6 is 0 Å². The fourth-order valence-electron chi connectivity index (χ4n) is 2.55. The number of ether oxygens (including phenoxy) is 2. The van der Waals surface area contributed by atoms with Crippen LogP contribution in [0.4, 0.5) is 30.2 Å². The maximum absolute atomic E-state index is 12.6. The van der Waals surface area contributed by atoms with Gasteiger partial charge in [-0.2, -0.15) is 0 Å². The summed E-state index contributed by atoms with van der Waals surface area (Å²) in [6.07, 6.45) is -4.00. The molecule has 1 aromatic heterocycles. The number of hydrogen-bond donors (Lipinski definition) is 2. The van der Waals surface area contributed by atoms with Crippen LogP contribution in [0.1, 0.15) is 0 Å². The topological polar surface area (TPSA) is 107 Å². The first-order valence-corrected chi connectivity index (χ1v) is 7.65. The first kappa shape index (κ1) is 19.0. The van der Waals surface area contributed by atoms with Crippen molar-refractivity contribution in [2.24, 2.45) is 0 Å². The predicted molar refractivity (Wildman–Crippen MR) is 93.0 cm³/mol. The van der Waals surface area contributed by atoms with Crippen LogP contribution < -0.4 is 14.8 Å². The van der Waals surface area contributed by atoms with Crippen LogP contribution in [0.15, 0.2) is 42.6 Å². The Hall–Kier alpha value is -3.76. The molecule has 0 saturated carbocycles. The van der Waals surface area contributed by atoms with Crippen molar-refractivity contribution in [3.05, 3.63) is 52.7 Å². The first-order chi connectivity index (χ1) is 13.2. The van der Waals surface area contributed by atoms with Gasteiger partial charge in [-0.25, -0.2) is 4.98 Å². The van der Waals surface area contributed by atoms with Gasteiger partial charge in [-0.1, -0.05) is 12.1 Å². The summed E-state index contributed by atoms with van der Waals surface area (Å²) in [5, 5.41) is 24.1. The summed E-state index contributed by atoms with van der Waals surface area (Å²) < 4.78 is 46.9. The third-order valence-electron chi connectivity index (χ3n) is 3.72. The fraction of sp³-hybridized carbons (Fsp3) is 0.118. The summed E-state index contributed by atoms with van der Waals surface area (Å²) in [6.45, 7) is 0. The number of aromatic nitrogens is 1. The Morgan fingerprint density at radius 2 is 1.93 bits per heavy atom. The molecule has 0 aliphatic rings. The largest absolute Gasteiger partial charge is 0.573 e. The summed E-state index contributed by atoms with van der Waals surface area (Å²) in [5.74, 6) is -0.812. The molecule has 0 bridgehead atoms. The van der Waals surface area contributed by atoms with E-state index in [0.29, 0.717) is 0 Å². The lowest BCUT2D eigenvalue weighted by atomic mass is 10.1. The summed E-state index contributed by atoms with van der Waals surface area (Å²) in [5.41, 5.74) is -0.604. The maximum Gasteiger partial charge on any atom is 0.573 e. The van der Waals surface area contributed by atoms with Gasteiger partial charge in [-0.05, 0) is 18.2 Å². The van der Waals surface area contributed by atoms with Crippen molar-refractivity contribution in [1.29, 1.82) is 0 Å². The molecule has 0 atom stereocenters. The zero-order valence-electron chi connectivity index (χ0n) is 14.1. The molecule has 0 aliphatic carbocycles. The van der Waals surface area contributed by atoms with Gasteiger partial charge in [0.2, 0.25) is 0 Å². The standard InChI is InChI=1S/C17H12F3N3O5/c1-27-15-7-11-9(6-13(15)24)16(12(8-21-11)23(25)26)22-10-4-2-3-5-14(10)28-17(18,19)20/h2-8,24H,1H3,(H,21,22). The van der Waals surface area contributed by atoms with Gasteiger partial charge in [-0.3, -0.25) is 10.1 Å². The zero-order chi connectivity index (χ0) is 20.5. The number of nitrogens with zero attached hydrogens (tertiary/aromatic N) is 2. The number of pyridine rings is 1. The molecule has 0 saturated heterocycles. The average Bonchev–Trinajstić information content (AvgIpc) is 2.61. The number of alkyl halides is 3. The minimum absolute atomic E-state index is 0.0839. The molecule has 1 heterocycles. The monoisotopic (exact) mass is 395 g/mol. The van der Waals surface area contributed by atoms with E-state index in [4.69, 9.17) is 4.74 Å². The van der Waals surface area contributed by atoms with Crippen LogP contribution in [-0.4, -0.2) is 28.5 Å². The summed E-state index contributed by atoms with van der Waals surface area (Å²) in [6, 6.07) is 7.59. The van der Waals surface area contributed by atoms with Gasteiger partial charge in [0.25, 0.3) is 0 Å². The minimum Gasteiger partial charge on any atom is -0.504 e. The molecule has 8 nitrogen and oxygen atoms in total.